The van der Waals surface area contributed by atoms with E-state index in [1.807, 2.05) is 47.8 Å². The minimum absolute atomic E-state index is 0.0353. The van der Waals surface area contributed by atoms with Crippen LogP contribution in [-0.4, -0.2) is 21.9 Å². The monoisotopic (exact) mass is 303 g/mol. The first-order valence-electron chi connectivity index (χ1n) is 6.71. The molecule has 1 aromatic carbocycles. The van der Waals surface area contributed by atoms with E-state index in [9.17, 15) is 9.59 Å². The van der Waals surface area contributed by atoms with E-state index < -0.39 is 5.97 Å². The molecule has 21 heavy (non-hydrogen) atoms. The van der Waals surface area contributed by atoms with E-state index in [2.05, 4.69) is 0 Å². The van der Waals surface area contributed by atoms with Gasteiger partial charge in [0.25, 0.3) is 0 Å². The third kappa shape index (κ3) is 5.04. The van der Waals surface area contributed by atoms with Crippen molar-refractivity contribution in [3.63, 3.8) is 0 Å². The van der Waals surface area contributed by atoms with E-state index >= 15 is 0 Å². The molecule has 0 atom stereocenters. The van der Waals surface area contributed by atoms with Crippen LogP contribution in [0.3, 0.4) is 0 Å². The number of aliphatic carboxylic acids is 1. The van der Waals surface area contributed by atoms with Gasteiger partial charge in [-0.2, -0.15) is 0 Å². The molecule has 0 unspecified atom stereocenters. The van der Waals surface area contributed by atoms with Crippen molar-refractivity contribution in [3.8, 4) is 0 Å². The molecule has 0 aliphatic heterocycles. The second-order valence-corrected chi connectivity index (χ2v) is 5.74. The average molecular weight is 303 g/mol. The van der Waals surface area contributed by atoms with E-state index in [1.54, 1.807) is 16.2 Å². The van der Waals surface area contributed by atoms with Crippen LogP contribution in [0.25, 0.3) is 0 Å². The lowest BCUT2D eigenvalue weighted by atomic mass is 10.2. The number of carbonyl (C=O) groups excluding carboxylic acids is 1. The van der Waals surface area contributed by atoms with Gasteiger partial charge in [0, 0.05) is 17.8 Å². The minimum Gasteiger partial charge on any atom is -0.481 e. The molecule has 1 N–H and O–H groups in total. The van der Waals surface area contributed by atoms with Crippen molar-refractivity contribution in [1.82, 2.24) is 4.90 Å². The first-order valence-corrected chi connectivity index (χ1v) is 7.59. The van der Waals surface area contributed by atoms with E-state index in [4.69, 9.17) is 5.11 Å². The number of amides is 1. The minimum atomic E-state index is -0.945. The van der Waals surface area contributed by atoms with Crippen LogP contribution in [0.5, 0.6) is 0 Å². The molecule has 4 nitrogen and oxygen atoms in total. The lowest BCUT2D eigenvalue weighted by Crippen LogP contribution is -2.30. The molecule has 0 aliphatic carbocycles. The van der Waals surface area contributed by atoms with Gasteiger partial charge in [0.2, 0.25) is 5.91 Å². The van der Waals surface area contributed by atoms with Crippen LogP contribution < -0.4 is 0 Å². The van der Waals surface area contributed by atoms with Gasteiger partial charge in [0.15, 0.2) is 0 Å². The van der Waals surface area contributed by atoms with Crippen LogP contribution >= 0.6 is 11.3 Å². The highest BCUT2D eigenvalue weighted by atomic mass is 32.1. The number of carbonyl (C=O) groups is 2. The summed E-state index contributed by atoms with van der Waals surface area (Å²) in [6.45, 7) is 1.02. The van der Waals surface area contributed by atoms with Gasteiger partial charge in [0.1, 0.15) is 0 Å². The van der Waals surface area contributed by atoms with Crippen LogP contribution in [-0.2, 0) is 22.7 Å². The molecule has 1 aromatic heterocycles. The predicted octanol–water partition coefficient (Wildman–Crippen LogP) is 3.14. The molecule has 110 valence electrons. The van der Waals surface area contributed by atoms with Gasteiger partial charge in [-0.05, 0) is 17.0 Å². The second kappa shape index (κ2) is 7.59. The summed E-state index contributed by atoms with van der Waals surface area (Å²) in [5.41, 5.74) is 1.04. The molecular weight excluding hydrogens is 286 g/mol. The molecule has 1 amide bonds. The lowest BCUT2D eigenvalue weighted by Gasteiger charge is -2.22. The quantitative estimate of drug-likeness (QED) is 0.855. The van der Waals surface area contributed by atoms with Crippen LogP contribution in [0.1, 0.15) is 23.3 Å². The summed E-state index contributed by atoms with van der Waals surface area (Å²) in [6.07, 6.45) is -0.0951. The number of nitrogens with zero attached hydrogens (tertiary/aromatic N) is 1. The van der Waals surface area contributed by atoms with E-state index in [-0.39, 0.29) is 18.7 Å². The van der Waals surface area contributed by atoms with Crippen LogP contribution in [0.15, 0.2) is 47.8 Å². The number of rotatable bonds is 7. The molecule has 0 saturated heterocycles. The topological polar surface area (TPSA) is 57.6 Å². The molecule has 0 fully saturated rings. The number of hydrogen-bond donors (Lipinski definition) is 1. The summed E-state index contributed by atoms with van der Waals surface area (Å²) in [7, 11) is 0. The molecule has 2 aromatic rings. The fourth-order valence-electron chi connectivity index (χ4n) is 2.00. The highest BCUT2D eigenvalue weighted by Gasteiger charge is 2.16. The maximum atomic E-state index is 12.2. The van der Waals surface area contributed by atoms with Crippen molar-refractivity contribution >= 4 is 23.2 Å². The second-order valence-electron chi connectivity index (χ2n) is 4.71. The van der Waals surface area contributed by atoms with Gasteiger partial charge in [-0.25, -0.2) is 0 Å². The van der Waals surface area contributed by atoms with Gasteiger partial charge >= 0.3 is 5.97 Å². The molecule has 0 saturated carbocycles. The first-order chi connectivity index (χ1) is 10.1. The largest absolute Gasteiger partial charge is 0.481 e. The summed E-state index contributed by atoms with van der Waals surface area (Å²) in [5, 5.41) is 10.7. The van der Waals surface area contributed by atoms with Gasteiger partial charge in [-0.3, -0.25) is 9.59 Å². The fourth-order valence-corrected chi connectivity index (χ4v) is 2.72. The van der Waals surface area contributed by atoms with Crippen molar-refractivity contribution < 1.29 is 14.7 Å². The summed E-state index contributed by atoms with van der Waals surface area (Å²) in [5.74, 6) is -1.08. The Morgan fingerprint density at radius 1 is 1.00 bits per heavy atom. The standard InChI is InChI=1S/C16H17NO3S/c18-15(8-9-16(19)20)17(12-14-7-4-10-21-14)11-13-5-2-1-3-6-13/h1-7,10H,8-9,11-12H2,(H,19,20). The molecule has 2 rings (SSSR count). The zero-order chi connectivity index (χ0) is 15.1. The Balaban J connectivity index is 2.06. The van der Waals surface area contributed by atoms with E-state index in [1.165, 1.54) is 0 Å². The number of hydrogen-bond acceptors (Lipinski definition) is 3. The van der Waals surface area contributed by atoms with E-state index in [0.29, 0.717) is 13.1 Å². The Morgan fingerprint density at radius 2 is 1.76 bits per heavy atom. The highest BCUT2D eigenvalue weighted by Crippen LogP contribution is 2.16. The third-order valence-electron chi connectivity index (χ3n) is 3.05. The zero-order valence-electron chi connectivity index (χ0n) is 11.6. The Morgan fingerprint density at radius 3 is 2.38 bits per heavy atom. The van der Waals surface area contributed by atoms with Gasteiger partial charge < -0.3 is 10.0 Å². The summed E-state index contributed by atoms with van der Waals surface area (Å²) < 4.78 is 0. The van der Waals surface area contributed by atoms with Crippen LogP contribution in [0, 0.1) is 0 Å². The first kappa shape index (κ1) is 15.3. The molecular formula is C16H17NO3S. The Kier molecular flexibility index (Phi) is 5.51. The summed E-state index contributed by atoms with van der Waals surface area (Å²) in [4.78, 5) is 25.7. The van der Waals surface area contributed by atoms with E-state index in [0.717, 1.165) is 10.4 Å². The maximum absolute atomic E-state index is 12.2. The highest BCUT2D eigenvalue weighted by molar-refractivity contribution is 7.09. The van der Waals surface area contributed by atoms with Gasteiger partial charge in [-0.1, -0.05) is 36.4 Å². The predicted molar refractivity (Wildman–Crippen MR) is 81.9 cm³/mol. The molecule has 0 radical (unpaired) electrons. The molecule has 0 spiro atoms. The van der Waals surface area contributed by atoms with Crippen molar-refractivity contribution in [2.45, 2.75) is 25.9 Å². The lowest BCUT2D eigenvalue weighted by molar-refractivity contribution is -0.141. The molecule has 0 bridgehead atoms. The molecule has 0 aliphatic rings. The Labute approximate surface area is 127 Å². The SMILES string of the molecule is O=C(O)CCC(=O)N(Cc1ccccc1)Cc1cccs1. The third-order valence-corrected chi connectivity index (χ3v) is 3.91. The average Bonchev–Trinajstić information content (AvgIpc) is 2.98. The zero-order valence-corrected chi connectivity index (χ0v) is 12.4. The normalized spacial score (nSPS) is 10.3. The Bertz CT molecular complexity index is 581. The van der Waals surface area contributed by atoms with Crippen molar-refractivity contribution in [3.05, 3.63) is 58.3 Å². The molecule has 1 heterocycles. The number of benzene rings is 1. The van der Waals surface area contributed by atoms with Gasteiger partial charge in [0.05, 0.1) is 13.0 Å². The fraction of sp³-hybridized carbons (Fsp3) is 0.250. The molecule has 5 heteroatoms. The number of carboxylic acids is 1. The van der Waals surface area contributed by atoms with Crippen molar-refractivity contribution in [1.29, 1.82) is 0 Å². The summed E-state index contributed by atoms with van der Waals surface area (Å²) >= 11 is 1.59. The van der Waals surface area contributed by atoms with Crippen LogP contribution in [0.4, 0.5) is 0 Å². The maximum Gasteiger partial charge on any atom is 0.303 e. The van der Waals surface area contributed by atoms with Crippen molar-refractivity contribution in [2.75, 3.05) is 0 Å². The van der Waals surface area contributed by atoms with Gasteiger partial charge in [-0.15, -0.1) is 11.3 Å². The summed E-state index contributed by atoms with van der Waals surface area (Å²) in [6, 6.07) is 13.6. The van der Waals surface area contributed by atoms with Crippen LogP contribution in [0.2, 0.25) is 0 Å². The number of carboxylic acid groups (broad SMARTS) is 1. The van der Waals surface area contributed by atoms with Crippen molar-refractivity contribution in [2.24, 2.45) is 0 Å². The smallest absolute Gasteiger partial charge is 0.303 e. The number of thiophene rings is 1. The Hall–Kier alpha value is -2.14.